The van der Waals surface area contributed by atoms with Crippen LogP contribution in [0.3, 0.4) is 0 Å². The van der Waals surface area contributed by atoms with Crippen molar-refractivity contribution in [3.8, 4) is 0 Å². The van der Waals surface area contributed by atoms with E-state index >= 15 is 0 Å². The predicted molar refractivity (Wildman–Crippen MR) is 46.8 cm³/mol. The molecule has 10 heavy (non-hydrogen) atoms. The third-order valence-electron chi connectivity index (χ3n) is 1.49. The Kier molecular flexibility index (Phi) is 8.99. The van der Waals surface area contributed by atoms with Gasteiger partial charge in [-0.25, -0.2) is 0 Å². The topological polar surface area (TPSA) is 0 Å². The molecule has 56 valence electrons. The summed E-state index contributed by atoms with van der Waals surface area (Å²) in [6.45, 7) is 10.6. The summed E-state index contributed by atoms with van der Waals surface area (Å²) >= 11 is 2.02. The fraction of sp³-hybridized carbons (Fsp3) is 0.875. The molecule has 0 N–H and O–H groups in total. The van der Waals surface area contributed by atoms with Crippen molar-refractivity contribution >= 4 is 11.8 Å². The van der Waals surface area contributed by atoms with E-state index in [1.54, 1.807) is 0 Å². The average Bonchev–Trinajstić information content (AvgIpc) is 1.84. The largest absolute Gasteiger partial charge is 1.00 e. The minimum absolute atomic E-state index is 0. The molecule has 2 heteroatoms. The standard InChI is InChI=1S/C8H17S.Li/c1-5-7-9-8(3,4)6-2;/h1,5-7H2,2-4H3;/q-1;+1. The van der Waals surface area contributed by atoms with Gasteiger partial charge in [0, 0.05) is 4.75 Å². The van der Waals surface area contributed by atoms with E-state index in [1.807, 2.05) is 11.8 Å². The third-order valence-corrected chi connectivity index (χ3v) is 3.05. The maximum atomic E-state index is 3.80. The minimum atomic E-state index is 0. The van der Waals surface area contributed by atoms with Crippen LogP contribution in [-0.2, 0) is 0 Å². The van der Waals surface area contributed by atoms with Gasteiger partial charge in [0.2, 0.25) is 0 Å². The first-order chi connectivity index (χ1) is 4.12. The summed E-state index contributed by atoms with van der Waals surface area (Å²) in [5, 5.41) is 0. The summed E-state index contributed by atoms with van der Waals surface area (Å²) in [6.07, 6.45) is 2.30. The molecule has 0 aliphatic rings. The van der Waals surface area contributed by atoms with Crippen LogP contribution in [0.5, 0.6) is 0 Å². The summed E-state index contributed by atoms with van der Waals surface area (Å²) in [4.78, 5) is 0. The Labute approximate surface area is 81.7 Å². The molecule has 0 nitrogen and oxygen atoms in total. The van der Waals surface area contributed by atoms with Gasteiger partial charge in [-0.05, 0) is 12.2 Å². The molecular weight excluding hydrogens is 135 g/mol. The Morgan fingerprint density at radius 1 is 1.40 bits per heavy atom. The fourth-order valence-electron chi connectivity index (χ4n) is 0.451. The Bertz CT molecular complexity index is 71.7. The van der Waals surface area contributed by atoms with Crippen molar-refractivity contribution in [2.75, 3.05) is 5.75 Å². The van der Waals surface area contributed by atoms with Crippen molar-refractivity contribution in [1.82, 2.24) is 0 Å². The molecule has 0 heterocycles. The molecule has 0 atom stereocenters. The van der Waals surface area contributed by atoms with Crippen molar-refractivity contribution in [3.05, 3.63) is 6.92 Å². The molecule has 0 aromatic heterocycles. The van der Waals surface area contributed by atoms with Crippen molar-refractivity contribution < 1.29 is 18.9 Å². The summed E-state index contributed by atoms with van der Waals surface area (Å²) < 4.78 is 0.470. The molecular formula is C8H17LiS. The second-order valence-electron chi connectivity index (χ2n) is 2.82. The molecule has 0 fully saturated rings. The van der Waals surface area contributed by atoms with Crippen LogP contribution >= 0.6 is 11.8 Å². The zero-order valence-corrected chi connectivity index (χ0v) is 8.55. The van der Waals surface area contributed by atoms with Gasteiger partial charge in [0.05, 0.1) is 0 Å². The van der Waals surface area contributed by atoms with Crippen molar-refractivity contribution in [2.24, 2.45) is 0 Å². The van der Waals surface area contributed by atoms with E-state index in [4.69, 9.17) is 0 Å². The quantitative estimate of drug-likeness (QED) is 0.408. The van der Waals surface area contributed by atoms with Crippen LogP contribution in [-0.4, -0.2) is 10.5 Å². The molecule has 0 aromatic carbocycles. The first kappa shape index (κ1) is 13.5. The van der Waals surface area contributed by atoms with E-state index in [0.717, 1.165) is 6.42 Å². The van der Waals surface area contributed by atoms with Gasteiger partial charge in [0.15, 0.2) is 0 Å². The van der Waals surface area contributed by atoms with Gasteiger partial charge in [-0.15, -0.1) is 0 Å². The summed E-state index contributed by atoms with van der Waals surface area (Å²) in [7, 11) is 0. The normalized spacial score (nSPS) is 10.8. The van der Waals surface area contributed by atoms with Gasteiger partial charge in [-0.3, -0.25) is 0 Å². The van der Waals surface area contributed by atoms with Crippen LogP contribution < -0.4 is 18.9 Å². The van der Waals surface area contributed by atoms with Gasteiger partial charge < -0.3 is 6.92 Å². The Morgan fingerprint density at radius 3 is 2.20 bits per heavy atom. The fourth-order valence-corrected chi connectivity index (χ4v) is 1.35. The molecule has 0 unspecified atom stereocenters. The Morgan fingerprint density at radius 2 is 1.90 bits per heavy atom. The van der Waals surface area contributed by atoms with E-state index in [2.05, 4.69) is 27.7 Å². The van der Waals surface area contributed by atoms with Crippen LogP contribution in [0.1, 0.15) is 33.6 Å². The van der Waals surface area contributed by atoms with Crippen LogP contribution in [0.2, 0.25) is 0 Å². The molecule has 0 saturated carbocycles. The Balaban J connectivity index is 0. The maximum Gasteiger partial charge on any atom is 1.00 e. The summed E-state index contributed by atoms with van der Waals surface area (Å²) in [5.41, 5.74) is 0. The predicted octanol–water partition coefficient (Wildman–Crippen LogP) is 0.136. The van der Waals surface area contributed by atoms with E-state index in [0.29, 0.717) is 4.75 Å². The van der Waals surface area contributed by atoms with Crippen LogP contribution in [0.25, 0.3) is 0 Å². The first-order valence-corrected chi connectivity index (χ1v) is 4.54. The van der Waals surface area contributed by atoms with Gasteiger partial charge in [0.25, 0.3) is 0 Å². The van der Waals surface area contributed by atoms with Crippen LogP contribution in [0.15, 0.2) is 0 Å². The summed E-state index contributed by atoms with van der Waals surface area (Å²) in [6, 6.07) is 0. The van der Waals surface area contributed by atoms with Gasteiger partial charge in [-0.2, -0.15) is 18.2 Å². The minimum Gasteiger partial charge on any atom is -0.343 e. The monoisotopic (exact) mass is 152 g/mol. The number of hydrogen-bond donors (Lipinski definition) is 0. The number of rotatable bonds is 4. The van der Waals surface area contributed by atoms with Gasteiger partial charge in [0.1, 0.15) is 0 Å². The van der Waals surface area contributed by atoms with Crippen LogP contribution in [0.4, 0.5) is 0 Å². The molecule has 0 saturated heterocycles. The van der Waals surface area contributed by atoms with Crippen molar-refractivity contribution in [1.29, 1.82) is 0 Å². The van der Waals surface area contributed by atoms with Crippen LogP contribution in [0, 0.1) is 6.92 Å². The zero-order chi connectivity index (χ0) is 7.33. The molecule has 0 amide bonds. The molecule has 0 radical (unpaired) electrons. The van der Waals surface area contributed by atoms with E-state index in [-0.39, 0.29) is 18.9 Å². The number of thioether (sulfide) groups is 1. The van der Waals surface area contributed by atoms with Crippen molar-refractivity contribution in [3.63, 3.8) is 0 Å². The molecule has 0 aliphatic carbocycles. The second-order valence-corrected chi connectivity index (χ2v) is 4.62. The average molecular weight is 152 g/mol. The van der Waals surface area contributed by atoms with E-state index in [1.165, 1.54) is 12.2 Å². The zero-order valence-electron chi connectivity index (χ0n) is 7.74. The van der Waals surface area contributed by atoms with Crippen molar-refractivity contribution in [2.45, 2.75) is 38.4 Å². The van der Waals surface area contributed by atoms with E-state index in [9.17, 15) is 0 Å². The maximum absolute atomic E-state index is 3.80. The SMILES string of the molecule is [CH2-]CCSC(C)(C)CC.[Li+]. The molecule has 0 aromatic rings. The molecule has 0 bridgehead atoms. The second kappa shape index (κ2) is 6.64. The molecule has 0 spiro atoms. The van der Waals surface area contributed by atoms with E-state index < -0.39 is 0 Å². The smallest absolute Gasteiger partial charge is 0.343 e. The first-order valence-electron chi connectivity index (χ1n) is 3.55. The number of hydrogen-bond acceptors (Lipinski definition) is 1. The Hall–Kier alpha value is 0.947. The summed E-state index contributed by atoms with van der Waals surface area (Å²) in [5.74, 6) is 1.20. The van der Waals surface area contributed by atoms with Gasteiger partial charge >= 0.3 is 18.9 Å². The molecule has 0 aliphatic heterocycles. The third kappa shape index (κ3) is 7.06. The molecule has 0 rings (SSSR count). The van der Waals surface area contributed by atoms with Gasteiger partial charge in [-0.1, -0.05) is 20.8 Å².